The molecule has 0 atom stereocenters. The number of nitrogen functional groups attached to an aromatic ring is 1. The summed E-state index contributed by atoms with van der Waals surface area (Å²) in [6.07, 6.45) is 0. The van der Waals surface area contributed by atoms with Crippen LogP contribution in [0.25, 0.3) is 0 Å². The summed E-state index contributed by atoms with van der Waals surface area (Å²) in [6.45, 7) is 2.07. The second kappa shape index (κ2) is 6.30. The fraction of sp³-hybridized carbons (Fsp3) is 0.133. The lowest BCUT2D eigenvalue weighted by Gasteiger charge is -2.10. The number of carbonyl (C=O) groups is 1. The average Bonchev–Trinajstić information content (AvgIpc) is 2.41. The van der Waals surface area contributed by atoms with Gasteiger partial charge in [0.2, 0.25) is 0 Å². The topological polar surface area (TPSA) is 61.5 Å². The van der Waals surface area contributed by atoms with E-state index in [2.05, 4.69) is 0 Å². The zero-order valence-electron chi connectivity index (χ0n) is 10.9. The van der Waals surface area contributed by atoms with Gasteiger partial charge < -0.3 is 15.2 Å². The number of carbonyl (C=O) groups excluding carboxylic acids is 1. The number of benzene rings is 2. The van der Waals surface area contributed by atoms with Crippen molar-refractivity contribution in [3.8, 4) is 11.5 Å². The molecule has 0 heterocycles. The third-order valence-electron chi connectivity index (χ3n) is 2.54. The van der Waals surface area contributed by atoms with Crippen LogP contribution < -0.4 is 10.5 Å². The van der Waals surface area contributed by atoms with Gasteiger partial charge in [0.25, 0.3) is 0 Å². The summed E-state index contributed by atoms with van der Waals surface area (Å²) in [5, 5.41) is 0.573. The highest BCUT2D eigenvalue weighted by Gasteiger charge is 2.10. The first-order chi connectivity index (χ1) is 9.60. The molecule has 4 nitrogen and oxygen atoms in total. The molecule has 2 aromatic rings. The third-order valence-corrected chi connectivity index (χ3v) is 2.78. The minimum absolute atomic E-state index is 0.319. The molecule has 0 spiro atoms. The van der Waals surface area contributed by atoms with Gasteiger partial charge in [-0.15, -0.1) is 0 Å². The van der Waals surface area contributed by atoms with Crippen LogP contribution in [0.4, 0.5) is 5.69 Å². The Labute approximate surface area is 122 Å². The van der Waals surface area contributed by atoms with Crippen molar-refractivity contribution in [2.45, 2.75) is 6.92 Å². The summed E-state index contributed by atoms with van der Waals surface area (Å²) in [4.78, 5) is 11.6. The maximum absolute atomic E-state index is 11.6. The monoisotopic (exact) mass is 291 g/mol. The maximum atomic E-state index is 11.6. The molecule has 0 aliphatic carbocycles. The maximum Gasteiger partial charge on any atom is 0.338 e. The summed E-state index contributed by atoms with van der Waals surface area (Å²) < 4.78 is 10.5. The van der Waals surface area contributed by atoms with Crippen molar-refractivity contribution in [3.63, 3.8) is 0 Å². The average molecular weight is 292 g/mol. The van der Waals surface area contributed by atoms with Gasteiger partial charge in [-0.3, -0.25) is 0 Å². The van der Waals surface area contributed by atoms with Crippen LogP contribution in [0.2, 0.25) is 5.02 Å². The number of halogens is 1. The number of ether oxygens (including phenoxy) is 2. The van der Waals surface area contributed by atoms with Gasteiger partial charge in [-0.05, 0) is 43.3 Å². The zero-order valence-corrected chi connectivity index (χ0v) is 11.7. The highest BCUT2D eigenvalue weighted by Crippen LogP contribution is 2.29. The predicted octanol–water partition coefficient (Wildman–Crippen LogP) is 3.89. The lowest BCUT2D eigenvalue weighted by molar-refractivity contribution is 0.0526. The first-order valence-corrected chi connectivity index (χ1v) is 6.48. The molecule has 104 valence electrons. The smallest absolute Gasteiger partial charge is 0.338 e. The number of anilines is 1. The Hall–Kier alpha value is -2.20. The lowest BCUT2D eigenvalue weighted by Crippen LogP contribution is -2.05. The van der Waals surface area contributed by atoms with Crippen molar-refractivity contribution in [3.05, 3.63) is 53.1 Å². The minimum Gasteiger partial charge on any atom is -0.462 e. The van der Waals surface area contributed by atoms with E-state index in [-0.39, 0.29) is 0 Å². The molecule has 2 N–H and O–H groups in total. The van der Waals surface area contributed by atoms with Crippen LogP contribution >= 0.6 is 11.6 Å². The van der Waals surface area contributed by atoms with Crippen LogP contribution in [0, 0.1) is 0 Å². The van der Waals surface area contributed by atoms with Gasteiger partial charge in [-0.1, -0.05) is 17.7 Å². The van der Waals surface area contributed by atoms with E-state index in [0.29, 0.717) is 34.4 Å². The van der Waals surface area contributed by atoms with E-state index in [1.165, 1.54) is 6.07 Å². The fourth-order valence-electron chi connectivity index (χ4n) is 1.64. The van der Waals surface area contributed by atoms with Crippen molar-refractivity contribution in [2.24, 2.45) is 0 Å². The standard InChI is InChI=1S/C15H14ClNO3/c1-2-19-15(18)10-6-7-14(13(17)8-10)20-12-5-3-4-11(16)9-12/h3-9H,2,17H2,1H3. The summed E-state index contributed by atoms with van der Waals surface area (Å²) in [6, 6.07) is 11.7. The third kappa shape index (κ3) is 3.42. The Kier molecular flexibility index (Phi) is 4.48. The lowest BCUT2D eigenvalue weighted by atomic mass is 10.2. The van der Waals surface area contributed by atoms with E-state index < -0.39 is 5.97 Å². The normalized spacial score (nSPS) is 10.1. The Balaban J connectivity index is 2.20. The molecule has 20 heavy (non-hydrogen) atoms. The van der Waals surface area contributed by atoms with Crippen molar-refractivity contribution in [1.29, 1.82) is 0 Å². The van der Waals surface area contributed by atoms with Gasteiger partial charge in [0, 0.05) is 5.02 Å². The second-order valence-corrected chi connectivity index (χ2v) is 4.47. The van der Waals surface area contributed by atoms with Crippen molar-refractivity contribution in [2.75, 3.05) is 12.3 Å². The van der Waals surface area contributed by atoms with Crippen LogP contribution in [0.3, 0.4) is 0 Å². The Morgan fingerprint density at radius 3 is 2.70 bits per heavy atom. The van der Waals surface area contributed by atoms with Gasteiger partial charge in [0.05, 0.1) is 17.9 Å². The largest absolute Gasteiger partial charge is 0.462 e. The minimum atomic E-state index is -0.409. The van der Waals surface area contributed by atoms with Crippen LogP contribution in [0.1, 0.15) is 17.3 Å². The van der Waals surface area contributed by atoms with Gasteiger partial charge >= 0.3 is 5.97 Å². The van der Waals surface area contributed by atoms with Gasteiger partial charge in [0.15, 0.2) is 0 Å². The molecular formula is C15H14ClNO3. The molecule has 5 heteroatoms. The molecule has 2 rings (SSSR count). The summed E-state index contributed by atoms with van der Waals surface area (Å²) in [5.74, 6) is 0.627. The summed E-state index contributed by atoms with van der Waals surface area (Å²) in [5.41, 5.74) is 6.62. The number of rotatable bonds is 4. The number of esters is 1. The molecule has 0 fully saturated rings. The molecule has 0 aromatic heterocycles. The quantitative estimate of drug-likeness (QED) is 0.686. The molecule has 2 aromatic carbocycles. The Morgan fingerprint density at radius 2 is 2.05 bits per heavy atom. The molecule has 0 aliphatic rings. The highest BCUT2D eigenvalue weighted by molar-refractivity contribution is 6.30. The first kappa shape index (κ1) is 14.2. The van der Waals surface area contributed by atoms with Crippen molar-refractivity contribution >= 4 is 23.3 Å². The summed E-state index contributed by atoms with van der Waals surface area (Å²) >= 11 is 5.88. The van der Waals surface area contributed by atoms with Gasteiger partial charge in [-0.25, -0.2) is 4.79 Å². The van der Waals surface area contributed by atoms with E-state index in [0.717, 1.165) is 0 Å². The SMILES string of the molecule is CCOC(=O)c1ccc(Oc2cccc(Cl)c2)c(N)c1. The molecular weight excluding hydrogens is 278 g/mol. The van der Waals surface area contributed by atoms with Gasteiger partial charge in [0.1, 0.15) is 11.5 Å². The molecule has 0 bridgehead atoms. The van der Waals surface area contributed by atoms with Gasteiger partial charge in [-0.2, -0.15) is 0 Å². The van der Waals surface area contributed by atoms with E-state index >= 15 is 0 Å². The van der Waals surface area contributed by atoms with E-state index in [1.54, 1.807) is 43.3 Å². The zero-order chi connectivity index (χ0) is 14.5. The van der Waals surface area contributed by atoms with E-state index in [4.69, 9.17) is 26.8 Å². The van der Waals surface area contributed by atoms with Crippen molar-refractivity contribution < 1.29 is 14.3 Å². The van der Waals surface area contributed by atoms with Crippen LogP contribution in [0.15, 0.2) is 42.5 Å². The molecule has 0 radical (unpaired) electrons. The summed E-state index contributed by atoms with van der Waals surface area (Å²) in [7, 11) is 0. The Morgan fingerprint density at radius 1 is 1.25 bits per heavy atom. The van der Waals surface area contributed by atoms with Crippen molar-refractivity contribution in [1.82, 2.24) is 0 Å². The number of hydrogen-bond acceptors (Lipinski definition) is 4. The number of nitrogens with two attached hydrogens (primary N) is 1. The molecule has 0 saturated heterocycles. The fourth-order valence-corrected chi connectivity index (χ4v) is 1.82. The molecule has 0 amide bonds. The second-order valence-electron chi connectivity index (χ2n) is 4.03. The predicted molar refractivity (Wildman–Crippen MR) is 78.3 cm³/mol. The van der Waals surface area contributed by atoms with Crippen LogP contribution in [-0.4, -0.2) is 12.6 Å². The van der Waals surface area contributed by atoms with Crippen LogP contribution in [0.5, 0.6) is 11.5 Å². The molecule has 0 saturated carbocycles. The Bertz CT molecular complexity index is 628. The van der Waals surface area contributed by atoms with Crippen LogP contribution in [-0.2, 0) is 4.74 Å². The highest BCUT2D eigenvalue weighted by atomic mass is 35.5. The molecule has 0 aliphatic heterocycles. The first-order valence-electron chi connectivity index (χ1n) is 6.10. The van der Waals surface area contributed by atoms with E-state index in [9.17, 15) is 4.79 Å². The number of hydrogen-bond donors (Lipinski definition) is 1. The molecule has 0 unspecified atom stereocenters. The van der Waals surface area contributed by atoms with E-state index in [1.807, 2.05) is 0 Å².